The van der Waals surface area contributed by atoms with Gasteiger partial charge in [0.05, 0.1) is 11.9 Å². The number of fused-ring (bicyclic) bond motifs is 2. The Balaban J connectivity index is 1.53. The minimum atomic E-state index is 0.268. The molecule has 1 aliphatic heterocycles. The van der Waals surface area contributed by atoms with Gasteiger partial charge in [-0.3, -0.25) is 0 Å². The second-order valence-corrected chi connectivity index (χ2v) is 6.73. The van der Waals surface area contributed by atoms with E-state index in [1.165, 1.54) is 11.3 Å². The van der Waals surface area contributed by atoms with Crippen LogP contribution in [0, 0.1) is 0 Å². The number of rotatable bonds is 2. The molecule has 0 fully saturated rings. The van der Waals surface area contributed by atoms with E-state index < -0.39 is 0 Å². The highest BCUT2D eigenvalue weighted by Gasteiger charge is 2.16. The molecule has 0 aliphatic carbocycles. The summed E-state index contributed by atoms with van der Waals surface area (Å²) in [6.07, 6.45) is 1.92. The third kappa shape index (κ3) is 2.23. The van der Waals surface area contributed by atoms with Crippen molar-refractivity contribution in [2.24, 2.45) is 0 Å². The SMILES string of the molecule is Clc1ccc(-c2cn3nc(-c4ccc5c(c4)OCO5)sc3n2)cc1. The van der Waals surface area contributed by atoms with Gasteiger partial charge in [-0.25, -0.2) is 9.50 Å². The van der Waals surface area contributed by atoms with Gasteiger partial charge in [0.1, 0.15) is 5.01 Å². The van der Waals surface area contributed by atoms with Crippen LogP contribution in [0.2, 0.25) is 5.02 Å². The van der Waals surface area contributed by atoms with Crippen LogP contribution in [0.5, 0.6) is 11.5 Å². The molecule has 0 spiro atoms. The Morgan fingerprint density at radius 3 is 2.62 bits per heavy atom. The number of ether oxygens (including phenoxy) is 2. The summed E-state index contributed by atoms with van der Waals surface area (Å²) in [6.45, 7) is 0.268. The largest absolute Gasteiger partial charge is 0.454 e. The lowest BCUT2D eigenvalue weighted by molar-refractivity contribution is 0.174. The standard InChI is InChI=1S/C17H10ClN3O2S/c18-12-4-1-10(2-5-12)13-8-21-17(19-13)24-16(20-21)11-3-6-14-15(7-11)23-9-22-14/h1-8H,9H2. The first-order chi connectivity index (χ1) is 11.8. The van der Waals surface area contributed by atoms with Gasteiger partial charge in [0.2, 0.25) is 11.8 Å². The highest BCUT2D eigenvalue weighted by Crippen LogP contribution is 2.37. The molecule has 7 heteroatoms. The van der Waals surface area contributed by atoms with Crippen molar-refractivity contribution in [1.82, 2.24) is 14.6 Å². The van der Waals surface area contributed by atoms with Gasteiger partial charge in [-0.15, -0.1) is 0 Å². The summed E-state index contributed by atoms with van der Waals surface area (Å²) in [5.74, 6) is 1.52. The minimum Gasteiger partial charge on any atom is -0.454 e. The zero-order chi connectivity index (χ0) is 16.1. The van der Waals surface area contributed by atoms with Gasteiger partial charge in [0.25, 0.3) is 0 Å². The van der Waals surface area contributed by atoms with E-state index in [1.54, 1.807) is 4.52 Å². The van der Waals surface area contributed by atoms with Crippen LogP contribution >= 0.6 is 22.9 Å². The second kappa shape index (κ2) is 5.22. The van der Waals surface area contributed by atoms with Crippen LogP contribution < -0.4 is 9.47 Å². The molecule has 0 atom stereocenters. The van der Waals surface area contributed by atoms with Crippen LogP contribution in [0.3, 0.4) is 0 Å². The van der Waals surface area contributed by atoms with Crippen molar-refractivity contribution >= 4 is 27.9 Å². The zero-order valence-electron chi connectivity index (χ0n) is 12.3. The smallest absolute Gasteiger partial charge is 0.231 e. The Hall–Kier alpha value is -2.57. The van der Waals surface area contributed by atoms with E-state index in [0.717, 1.165) is 38.3 Å². The highest BCUT2D eigenvalue weighted by molar-refractivity contribution is 7.19. The van der Waals surface area contributed by atoms with Crippen molar-refractivity contribution in [3.63, 3.8) is 0 Å². The van der Waals surface area contributed by atoms with Crippen molar-refractivity contribution in [1.29, 1.82) is 0 Å². The lowest BCUT2D eigenvalue weighted by Crippen LogP contribution is -1.92. The van der Waals surface area contributed by atoms with E-state index in [2.05, 4.69) is 10.1 Å². The summed E-state index contributed by atoms with van der Waals surface area (Å²) < 4.78 is 12.6. The first-order valence-corrected chi connectivity index (χ1v) is 8.48. The highest BCUT2D eigenvalue weighted by atomic mass is 35.5. The fourth-order valence-corrected chi connectivity index (χ4v) is 3.61. The maximum atomic E-state index is 5.93. The molecule has 5 rings (SSSR count). The number of imidazole rings is 1. The first kappa shape index (κ1) is 13.8. The number of benzene rings is 2. The average molecular weight is 356 g/mol. The monoisotopic (exact) mass is 355 g/mol. The number of aromatic nitrogens is 3. The Kier molecular flexibility index (Phi) is 3.01. The Morgan fingerprint density at radius 2 is 1.79 bits per heavy atom. The van der Waals surface area contributed by atoms with Crippen molar-refractivity contribution in [2.45, 2.75) is 0 Å². The van der Waals surface area contributed by atoms with E-state index in [-0.39, 0.29) is 6.79 Å². The number of hydrogen-bond donors (Lipinski definition) is 0. The van der Waals surface area contributed by atoms with E-state index in [0.29, 0.717) is 5.02 Å². The van der Waals surface area contributed by atoms with Gasteiger partial charge in [0.15, 0.2) is 11.5 Å². The quantitative estimate of drug-likeness (QED) is 0.531. The van der Waals surface area contributed by atoms with Crippen molar-refractivity contribution < 1.29 is 9.47 Å². The van der Waals surface area contributed by atoms with Gasteiger partial charge in [-0.05, 0) is 30.3 Å². The first-order valence-electron chi connectivity index (χ1n) is 7.28. The van der Waals surface area contributed by atoms with Crippen LogP contribution in [0.4, 0.5) is 0 Å². The summed E-state index contributed by atoms with van der Waals surface area (Å²) in [4.78, 5) is 5.49. The van der Waals surface area contributed by atoms with Crippen molar-refractivity contribution in [2.75, 3.05) is 6.79 Å². The maximum Gasteiger partial charge on any atom is 0.231 e. The number of hydrogen-bond acceptors (Lipinski definition) is 5. The fourth-order valence-electron chi connectivity index (χ4n) is 2.61. The summed E-state index contributed by atoms with van der Waals surface area (Å²) in [5.41, 5.74) is 2.88. The van der Waals surface area contributed by atoms with Gasteiger partial charge >= 0.3 is 0 Å². The van der Waals surface area contributed by atoms with E-state index >= 15 is 0 Å². The maximum absolute atomic E-state index is 5.93. The van der Waals surface area contributed by atoms with E-state index in [1.807, 2.05) is 48.7 Å². The van der Waals surface area contributed by atoms with Crippen LogP contribution in [0.1, 0.15) is 0 Å². The molecule has 2 aromatic heterocycles. The molecule has 118 valence electrons. The third-order valence-electron chi connectivity index (χ3n) is 3.80. The Labute approximate surface area is 146 Å². The predicted molar refractivity (Wildman–Crippen MR) is 92.9 cm³/mol. The molecular weight excluding hydrogens is 346 g/mol. The van der Waals surface area contributed by atoms with Crippen LogP contribution in [-0.2, 0) is 0 Å². The summed E-state index contributed by atoms with van der Waals surface area (Å²) >= 11 is 7.46. The summed E-state index contributed by atoms with van der Waals surface area (Å²) in [5, 5.41) is 6.22. The molecule has 2 aromatic carbocycles. The average Bonchev–Trinajstić information content (AvgIpc) is 3.28. The third-order valence-corrected chi connectivity index (χ3v) is 5.03. The molecule has 0 radical (unpaired) electrons. The Bertz CT molecular complexity index is 1020. The van der Waals surface area contributed by atoms with Gasteiger partial charge in [-0.1, -0.05) is 35.1 Å². The molecule has 1 aliphatic rings. The molecule has 0 saturated heterocycles. The summed E-state index contributed by atoms with van der Waals surface area (Å²) in [6, 6.07) is 13.4. The van der Waals surface area contributed by atoms with E-state index in [4.69, 9.17) is 21.1 Å². The van der Waals surface area contributed by atoms with Crippen molar-refractivity contribution in [3.05, 3.63) is 53.7 Å². The summed E-state index contributed by atoms with van der Waals surface area (Å²) in [7, 11) is 0. The van der Waals surface area contributed by atoms with Crippen LogP contribution in [0.25, 0.3) is 26.8 Å². The molecule has 0 bridgehead atoms. The minimum absolute atomic E-state index is 0.268. The molecule has 0 N–H and O–H groups in total. The van der Waals surface area contributed by atoms with Gasteiger partial charge in [-0.2, -0.15) is 5.10 Å². The molecule has 5 nitrogen and oxygen atoms in total. The number of halogens is 1. The van der Waals surface area contributed by atoms with Crippen molar-refractivity contribution in [3.8, 4) is 33.3 Å². The predicted octanol–water partition coefficient (Wildman–Crippen LogP) is 4.51. The van der Waals surface area contributed by atoms with Crippen LogP contribution in [-0.4, -0.2) is 21.4 Å². The molecule has 0 amide bonds. The molecule has 24 heavy (non-hydrogen) atoms. The Morgan fingerprint density at radius 1 is 1.00 bits per heavy atom. The van der Waals surface area contributed by atoms with E-state index in [9.17, 15) is 0 Å². The van der Waals surface area contributed by atoms with Gasteiger partial charge in [0, 0.05) is 16.1 Å². The number of nitrogens with zero attached hydrogens (tertiary/aromatic N) is 3. The fraction of sp³-hybridized carbons (Fsp3) is 0.0588. The second-order valence-electron chi connectivity index (χ2n) is 5.34. The molecule has 0 unspecified atom stereocenters. The van der Waals surface area contributed by atoms with Crippen LogP contribution in [0.15, 0.2) is 48.7 Å². The lowest BCUT2D eigenvalue weighted by Gasteiger charge is -1.98. The molecule has 4 aromatic rings. The topological polar surface area (TPSA) is 48.7 Å². The van der Waals surface area contributed by atoms with Gasteiger partial charge < -0.3 is 9.47 Å². The molecule has 0 saturated carbocycles. The lowest BCUT2D eigenvalue weighted by atomic mass is 10.2. The zero-order valence-corrected chi connectivity index (χ0v) is 13.8. The normalized spacial score (nSPS) is 12.9. The molecular formula is C17H10ClN3O2S. The molecule has 3 heterocycles.